The van der Waals surface area contributed by atoms with E-state index in [1.807, 2.05) is 0 Å². The van der Waals surface area contributed by atoms with Gasteiger partial charge in [0, 0.05) is 0 Å². The van der Waals surface area contributed by atoms with Gasteiger partial charge in [-0.2, -0.15) is 0 Å². The maximum atomic E-state index is 2.83. The highest BCUT2D eigenvalue weighted by molar-refractivity contribution is 7.17. The van der Waals surface area contributed by atoms with E-state index in [0.717, 1.165) is 0 Å². The van der Waals surface area contributed by atoms with Crippen molar-refractivity contribution in [2.45, 2.75) is 26.7 Å². The Bertz CT molecular complexity index is 67.3. The monoisotopic (exact) mass is 164 g/mol. The molecule has 56 valence electrons. The van der Waals surface area contributed by atoms with E-state index in [4.69, 9.17) is 0 Å². The van der Waals surface area contributed by atoms with Crippen molar-refractivity contribution in [2.24, 2.45) is 5.41 Å². The zero-order valence-corrected chi connectivity index (χ0v) is 8.79. The Morgan fingerprint density at radius 1 is 1.22 bits per heavy atom. The summed E-state index contributed by atoms with van der Waals surface area (Å²) in [7, 11) is 5.66. The molecule has 0 bridgehead atoms. The van der Waals surface area contributed by atoms with E-state index in [1.54, 1.807) is 0 Å². The van der Waals surface area contributed by atoms with Crippen LogP contribution in [-0.2, 0) is 0 Å². The fraction of sp³-hybridized carbons (Fsp3) is 1.00. The second kappa shape index (κ2) is 4.64. The van der Waals surface area contributed by atoms with E-state index < -0.39 is 0 Å². The van der Waals surface area contributed by atoms with Crippen LogP contribution in [0.15, 0.2) is 0 Å². The number of hydrogen-bond acceptors (Lipinski definition) is 0. The number of rotatable bonds is 4. The third-order valence-electron chi connectivity index (χ3n) is 1.84. The zero-order valence-electron chi connectivity index (χ0n) is 6.48. The third-order valence-corrected chi connectivity index (χ3v) is 3.81. The molecule has 0 rings (SSSR count). The molecule has 0 aromatic carbocycles. The van der Waals surface area contributed by atoms with Gasteiger partial charge in [0.1, 0.15) is 0 Å². The van der Waals surface area contributed by atoms with Crippen LogP contribution in [-0.4, -0.2) is 12.3 Å². The summed E-state index contributed by atoms with van der Waals surface area (Å²) in [6, 6.07) is 0. The van der Waals surface area contributed by atoms with E-state index >= 15 is 0 Å². The van der Waals surface area contributed by atoms with Crippen LogP contribution >= 0.6 is 18.5 Å². The molecular weight excluding hydrogens is 146 g/mol. The van der Waals surface area contributed by atoms with Gasteiger partial charge in [0.2, 0.25) is 0 Å². The Balaban J connectivity index is 3.62. The lowest BCUT2D eigenvalue weighted by atomic mass is 9.90. The van der Waals surface area contributed by atoms with Gasteiger partial charge < -0.3 is 0 Å². The van der Waals surface area contributed by atoms with E-state index in [-0.39, 0.29) is 0 Å². The number of hydrogen-bond donors (Lipinski definition) is 0. The van der Waals surface area contributed by atoms with Gasteiger partial charge in [-0.05, 0) is 24.2 Å². The maximum Gasteiger partial charge on any atom is -0.0257 e. The summed E-state index contributed by atoms with van der Waals surface area (Å²) in [5, 5.41) is 0. The van der Waals surface area contributed by atoms with Crippen molar-refractivity contribution in [1.29, 1.82) is 0 Å². The van der Waals surface area contributed by atoms with Crippen molar-refractivity contribution in [3.63, 3.8) is 0 Å². The quantitative estimate of drug-likeness (QED) is 0.560. The molecule has 0 aliphatic carbocycles. The molecule has 2 unspecified atom stereocenters. The summed E-state index contributed by atoms with van der Waals surface area (Å²) in [5.74, 6) is 0. The standard InChI is InChI=1S/C7H18P2/c1-3-4-7(2,5-8)6-9/h3-6,8-9H2,1-2H3. The molecule has 0 aromatic heterocycles. The molecule has 9 heavy (non-hydrogen) atoms. The fourth-order valence-electron chi connectivity index (χ4n) is 0.891. The second-order valence-corrected chi connectivity index (χ2v) is 3.79. The molecule has 0 aliphatic heterocycles. The first-order valence-electron chi connectivity index (χ1n) is 3.58. The molecule has 0 radical (unpaired) electrons. The van der Waals surface area contributed by atoms with Crippen LogP contribution in [0, 0.1) is 5.41 Å². The molecule has 0 aliphatic rings. The van der Waals surface area contributed by atoms with Gasteiger partial charge in [-0.1, -0.05) is 20.3 Å². The van der Waals surface area contributed by atoms with Gasteiger partial charge in [0.15, 0.2) is 0 Å². The highest BCUT2D eigenvalue weighted by Gasteiger charge is 2.17. The van der Waals surface area contributed by atoms with Gasteiger partial charge in [0.05, 0.1) is 0 Å². The van der Waals surface area contributed by atoms with Crippen LogP contribution in [0.3, 0.4) is 0 Å². The lowest BCUT2D eigenvalue weighted by molar-refractivity contribution is 0.391. The van der Waals surface area contributed by atoms with Gasteiger partial charge in [-0.15, -0.1) is 18.5 Å². The minimum Gasteiger partial charge on any atom is -0.137 e. The third kappa shape index (κ3) is 3.54. The van der Waals surface area contributed by atoms with Gasteiger partial charge >= 0.3 is 0 Å². The normalized spacial score (nSPS) is 12.0. The first-order chi connectivity index (χ1) is 4.18. The molecule has 0 N–H and O–H groups in total. The van der Waals surface area contributed by atoms with Crippen molar-refractivity contribution in [3.8, 4) is 0 Å². The minimum absolute atomic E-state index is 0.560. The van der Waals surface area contributed by atoms with E-state index in [2.05, 4.69) is 32.3 Å². The van der Waals surface area contributed by atoms with Crippen LogP contribution < -0.4 is 0 Å². The van der Waals surface area contributed by atoms with Crippen molar-refractivity contribution >= 4 is 18.5 Å². The lowest BCUT2D eigenvalue weighted by Crippen LogP contribution is -2.19. The van der Waals surface area contributed by atoms with Crippen molar-refractivity contribution in [3.05, 3.63) is 0 Å². The molecule has 0 aromatic rings. The summed E-state index contributed by atoms with van der Waals surface area (Å²) in [5.41, 5.74) is 0.560. The average Bonchev–Trinajstić information content (AvgIpc) is 1.89. The molecular formula is C7H18P2. The molecule has 0 saturated carbocycles. The minimum atomic E-state index is 0.560. The molecule has 0 spiro atoms. The Hall–Kier alpha value is 0.860. The Labute approximate surface area is 63.6 Å². The van der Waals surface area contributed by atoms with Crippen molar-refractivity contribution in [2.75, 3.05) is 12.3 Å². The average molecular weight is 164 g/mol. The molecule has 0 saturated heterocycles. The molecule has 0 amide bonds. The largest absolute Gasteiger partial charge is 0.137 e. The molecule has 0 heterocycles. The predicted molar refractivity (Wildman–Crippen MR) is 52.2 cm³/mol. The fourth-order valence-corrected chi connectivity index (χ4v) is 1.97. The Kier molecular flexibility index (Phi) is 5.08. The van der Waals surface area contributed by atoms with Gasteiger partial charge in [-0.25, -0.2) is 0 Å². The summed E-state index contributed by atoms with van der Waals surface area (Å²) >= 11 is 0. The highest BCUT2D eigenvalue weighted by Crippen LogP contribution is 2.27. The van der Waals surface area contributed by atoms with Crippen LogP contribution in [0.1, 0.15) is 26.7 Å². The van der Waals surface area contributed by atoms with Crippen LogP contribution in [0.2, 0.25) is 0 Å². The van der Waals surface area contributed by atoms with E-state index in [1.165, 1.54) is 25.2 Å². The Morgan fingerprint density at radius 2 is 1.67 bits per heavy atom. The molecule has 2 heteroatoms. The molecule has 0 fully saturated rings. The van der Waals surface area contributed by atoms with E-state index in [0.29, 0.717) is 5.41 Å². The maximum absolute atomic E-state index is 2.83. The summed E-state index contributed by atoms with van der Waals surface area (Å²) < 4.78 is 0. The summed E-state index contributed by atoms with van der Waals surface area (Å²) in [6.45, 7) is 4.59. The first-order valence-corrected chi connectivity index (χ1v) is 5.22. The van der Waals surface area contributed by atoms with E-state index in [9.17, 15) is 0 Å². The zero-order chi connectivity index (χ0) is 7.33. The smallest absolute Gasteiger partial charge is 0.0257 e. The van der Waals surface area contributed by atoms with Gasteiger partial charge in [0.25, 0.3) is 0 Å². The Morgan fingerprint density at radius 3 is 1.78 bits per heavy atom. The highest BCUT2D eigenvalue weighted by atomic mass is 31.0. The van der Waals surface area contributed by atoms with Crippen molar-refractivity contribution in [1.82, 2.24) is 0 Å². The molecule has 2 atom stereocenters. The predicted octanol–water partition coefficient (Wildman–Crippen LogP) is 2.54. The summed E-state index contributed by atoms with van der Waals surface area (Å²) in [4.78, 5) is 0. The second-order valence-electron chi connectivity index (χ2n) is 2.97. The van der Waals surface area contributed by atoms with Crippen LogP contribution in [0.4, 0.5) is 0 Å². The summed E-state index contributed by atoms with van der Waals surface area (Å²) in [6.07, 6.45) is 5.11. The SMILES string of the molecule is CCCC(C)(CP)CP. The van der Waals surface area contributed by atoms with Crippen LogP contribution in [0.25, 0.3) is 0 Å². The molecule has 0 nitrogen and oxygen atoms in total. The lowest BCUT2D eigenvalue weighted by Gasteiger charge is -2.25. The van der Waals surface area contributed by atoms with Crippen LogP contribution in [0.5, 0.6) is 0 Å². The topological polar surface area (TPSA) is 0 Å². The van der Waals surface area contributed by atoms with Gasteiger partial charge in [-0.3, -0.25) is 0 Å². The first kappa shape index (κ1) is 9.86. The van der Waals surface area contributed by atoms with Crippen molar-refractivity contribution < 1.29 is 0 Å².